The second-order valence-electron chi connectivity index (χ2n) is 9.40. The number of halogens is 2. The quantitative estimate of drug-likeness (QED) is 0.354. The summed E-state index contributed by atoms with van der Waals surface area (Å²) in [6.45, 7) is 2.70. The molecule has 1 aromatic heterocycles. The number of carbonyl (C=O) groups excluding carboxylic acids is 2. The first-order valence-corrected chi connectivity index (χ1v) is 13.1. The summed E-state index contributed by atoms with van der Waals surface area (Å²) in [7, 11) is 0. The van der Waals surface area contributed by atoms with Crippen molar-refractivity contribution < 1.29 is 14.3 Å². The maximum Gasteiger partial charge on any atom is 0.246 e. The second-order valence-corrected chi connectivity index (χ2v) is 10.2. The molecule has 6 rings (SSSR count). The molecule has 0 spiro atoms. The lowest BCUT2D eigenvalue weighted by Crippen LogP contribution is -2.62. The van der Waals surface area contributed by atoms with Crippen molar-refractivity contribution in [2.24, 2.45) is 0 Å². The van der Waals surface area contributed by atoms with Crippen molar-refractivity contribution in [3.05, 3.63) is 99.2 Å². The van der Waals surface area contributed by atoms with Crippen molar-refractivity contribution in [1.29, 1.82) is 0 Å². The SMILES string of the molecule is CCOc1ccccc1[C@@H]1c2[nH]c3ccccc3c2C[C@H]2C(=O)N(Cc3ccc(Cl)c(Cl)c3)CC(=O)N12. The Morgan fingerprint density at radius 1 is 1.00 bits per heavy atom. The lowest BCUT2D eigenvalue weighted by atomic mass is 9.85. The van der Waals surface area contributed by atoms with Crippen LogP contribution in [0.3, 0.4) is 0 Å². The molecule has 0 unspecified atom stereocenters. The number of H-pyrrole nitrogens is 1. The van der Waals surface area contributed by atoms with Gasteiger partial charge in [-0.1, -0.05) is 65.7 Å². The van der Waals surface area contributed by atoms with Gasteiger partial charge in [-0.2, -0.15) is 0 Å². The lowest BCUT2D eigenvalue weighted by molar-refractivity contribution is -0.159. The number of aromatic nitrogens is 1. The molecule has 37 heavy (non-hydrogen) atoms. The second kappa shape index (κ2) is 9.43. The molecule has 0 bridgehead atoms. The van der Waals surface area contributed by atoms with Gasteiger partial charge < -0.3 is 19.5 Å². The van der Waals surface area contributed by atoms with Crippen molar-refractivity contribution in [1.82, 2.24) is 14.8 Å². The molecule has 188 valence electrons. The normalized spacial score (nSPS) is 19.2. The third kappa shape index (κ3) is 4.05. The van der Waals surface area contributed by atoms with Gasteiger partial charge in [0.25, 0.3) is 0 Å². The molecule has 1 fully saturated rings. The van der Waals surface area contributed by atoms with Crippen LogP contribution in [0.4, 0.5) is 0 Å². The Balaban J connectivity index is 1.45. The highest BCUT2D eigenvalue weighted by molar-refractivity contribution is 6.42. The molecule has 3 aromatic carbocycles. The molecule has 6 nitrogen and oxygen atoms in total. The van der Waals surface area contributed by atoms with Gasteiger partial charge in [-0.25, -0.2) is 0 Å². The molecule has 0 saturated carbocycles. The summed E-state index contributed by atoms with van der Waals surface area (Å²) in [5, 5.41) is 1.94. The summed E-state index contributed by atoms with van der Waals surface area (Å²) < 4.78 is 5.97. The molecule has 0 aliphatic carbocycles. The largest absolute Gasteiger partial charge is 0.494 e. The van der Waals surface area contributed by atoms with Gasteiger partial charge in [0.15, 0.2) is 0 Å². The number of nitrogens with zero attached hydrogens (tertiary/aromatic N) is 2. The van der Waals surface area contributed by atoms with Crippen LogP contribution in [0.5, 0.6) is 5.75 Å². The van der Waals surface area contributed by atoms with Gasteiger partial charge >= 0.3 is 0 Å². The molecule has 1 N–H and O–H groups in total. The van der Waals surface area contributed by atoms with Crippen LogP contribution in [0.2, 0.25) is 10.0 Å². The Labute approximate surface area is 224 Å². The summed E-state index contributed by atoms with van der Waals surface area (Å²) in [4.78, 5) is 34.7. The number of carbonyl (C=O) groups is 2. The Hall–Kier alpha value is -3.48. The van der Waals surface area contributed by atoms with Crippen LogP contribution in [-0.4, -0.2) is 45.8 Å². The molecule has 2 aliphatic heterocycles. The van der Waals surface area contributed by atoms with Crippen LogP contribution < -0.4 is 4.74 Å². The maximum atomic E-state index is 13.9. The monoisotopic (exact) mass is 533 g/mol. The number of para-hydroxylation sites is 2. The molecular formula is C29H25Cl2N3O3. The molecule has 3 heterocycles. The standard InChI is InChI=1S/C29H25Cl2N3O3/c1-2-37-25-10-6-4-8-19(25)28-27-20(18-7-3-5-9-23(18)32-27)14-24-29(36)33(16-26(35)34(24)28)15-17-11-12-21(30)22(31)13-17/h3-13,24,28,32H,2,14-16H2,1H3/t24-,28+/m0/s1. The maximum absolute atomic E-state index is 13.9. The van der Waals surface area contributed by atoms with Crippen LogP contribution in [0.1, 0.15) is 35.3 Å². The number of nitrogens with one attached hydrogen (secondary N) is 1. The van der Waals surface area contributed by atoms with E-state index in [9.17, 15) is 9.59 Å². The molecule has 2 amide bonds. The van der Waals surface area contributed by atoms with E-state index in [2.05, 4.69) is 11.1 Å². The summed E-state index contributed by atoms with van der Waals surface area (Å²) in [6, 6.07) is 20.0. The van der Waals surface area contributed by atoms with Crippen LogP contribution in [0, 0.1) is 0 Å². The van der Waals surface area contributed by atoms with Gasteiger partial charge in [0.2, 0.25) is 11.8 Å². The van der Waals surface area contributed by atoms with E-state index in [0.717, 1.165) is 33.3 Å². The summed E-state index contributed by atoms with van der Waals surface area (Å²) in [5.41, 5.74) is 4.67. The topological polar surface area (TPSA) is 65.6 Å². The van der Waals surface area contributed by atoms with Crippen LogP contribution in [-0.2, 0) is 22.6 Å². The van der Waals surface area contributed by atoms with Crippen LogP contribution in [0.15, 0.2) is 66.7 Å². The zero-order valence-electron chi connectivity index (χ0n) is 20.2. The summed E-state index contributed by atoms with van der Waals surface area (Å²) in [6.07, 6.45) is 0.440. The first-order chi connectivity index (χ1) is 18.0. The van der Waals surface area contributed by atoms with E-state index in [0.29, 0.717) is 28.8 Å². The molecule has 8 heteroatoms. The van der Waals surface area contributed by atoms with Gasteiger partial charge in [0.1, 0.15) is 24.4 Å². The number of aromatic amines is 1. The van der Waals surface area contributed by atoms with Crippen LogP contribution in [0.25, 0.3) is 10.9 Å². The number of benzene rings is 3. The first kappa shape index (κ1) is 23.9. The highest BCUT2D eigenvalue weighted by Gasteiger charge is 2.48. The lowest BCUT2D eigenvalue weighted by Gasteiger charge is -2.47. The number of amides is 2. The highest BCUT2D eigenvalue weighted by Crippen LogP contribution is 2.45. The summed E-state index contributed by atoms with van der Waals surface area (Å²) in [5.74, 6) is 0.518. The minimum atomic E-state index is -0.629. The van der Waals surface area contributed by atoms with Crippen molar-refractivity contribution in [2.75, 3.05) is 13.2 Å². The fourth-order valence-corrected chi connectivity index (χ4v) is 5.95. The fraction of sp³-hybridized carbons (Fsp3) is 0.241. The number of hydrogen-bond acceptors (Lipinski definition) is 3. The highest BCUT2D eigenvalue weighted by atomic mass is 35.5. The first-order valence-electron chi connectivity index (χ1n) is 12.3. The van der Waals surface area contributed by atoms with E-state index in [1.54, 1.807) is 21.9 Å². The van der Waals surface area contributed by atoms with E-state index >= 15 is 0 Å². The summed E-state index contributed by atoms with van der Waals surface area (Å²) >= 11 is 12.3. The molecule has 4 aromatic rings. The van der Waals surface area contributed by atoms with Crippen molar-refractivity contribution in [3.8, 4) is 5.75 Å². The average Bonchev–Trinajstić information content (AvgIpc) is 3.27. The van der Waals surface area contributed by atoms with Crippen LogP contribution >= 0.6 is 23.2 Å². The number of hydrogen-bond donors (Lipinski definition) is 1. The van der Waals surface area contributed by atoms with Gasteiger partial charge in [-0.15, -0.1) is 0 Å². The number of fused-ring (bicyclic) bond motifs is 4. The molecule has 1 saturated heterocycles. The minimum Gasteiger partial charge on any atom is -0.494 e. The Kier molecular flexibility index (Phi) is 6.09. The van der Waals surface area contributed by atoms with E-state index in [1.807, 2.05) is 55.5 Å². The third-order valence-electron chi connectivity index (χ3n) is 7.21. The van der Waals surface area contributed by atoms with Gasteiger partial charge in [-0.3, -0.25) is 9.59 Å². The molecule has 2 atom stereocenters. The Morgan fingerprint density at radius 3 is 2.59 bits per heavy atom. The third-order valence-corrected chi connectivity index (χ3v) is 7.95. The zero-order valence-corrected chi connectivity index (χ0v) is 21.7. The number of rotatable bonds is 5. The van der Waals surface area contributed by atoms with E-state index in [1.165, 1.54) is 0 Å². The van der Waals surface area contributed by atoms with E-state index in [4.69, 9.17) is 27.9 Å². The van der Waals surface area contributed by atoms with E-state index in [-0.39, 0.29) is 24.9 Å². The fourth-order valence-electron chi connectivity index (χ4n) is 5.63. The van der Waals surface area contributed by atoms with Crippen molar-refractivity contribution in [2.45, 2.75) is 32.0 Å². The van der Waals surface area contributed by atoms with Crippen molar-refractivity contribution in [3.63, 3.8) is 0 Å². The van der Waals surface area contributed by atoms with Crippen molar-refractivity contribution >= 4 is 45.9 Å². The predicted octanol–water partition coefficient (Wildman–Crippen LogP) is 5.76. The number of piperazine rings is 1. The molecule has 2 aliphatic rings. The smallest absolute Gasteiger partial charge is 0.246 e. The number of ether oxygens (including phenoxy) is 1. The Bertz CT molecular complexity index is 1530. The van der Waals surface area contributed by atoms with Gasteiger partial charge in [-0.05, 0) is 42.3 Å². The van der Waals surface area contributed by atoms with Gasteiger partial charge in [0.05, 0.1) is 16.7 Å². The zero-order chi connectivity index (χ0) is 25.7. The predicted molar refractivity (Wildman–Crippen MR) is 144 cm³/mol. The Morgan fingerprint density at radius 2 is 1.78 bits per heavy atom. The van der Waals surface area contributed by atoms with Gasteiger partial charge in [0, 0.05) is 35.1 Å². The molecule has 0 radical (unpaired) electrons. The average molecular weight is 534 g/mol. The van der Waals surface area contributed by atoms with E-state index < -0.39 is 12.1 Å². The minimum absolute atomic E-state index is 0.0154. The molecular weight excluding hydrogens is 509 g/mol.